The molecule has 1 saturated carbocycles. The van der Waals surface area contributed by atoms with Gasteiger partial charge in [0.15, 0.2) is 0 Å². The Morgan fingerprint density at radius 3 is 2.68 bits per heavy atom. The van der Waals surface area contributed by atoms with Crippen molar-refractivity contribution in [1.29, 1.82) is 0 Å². The Kier molecular flexibility index (Phi) is 6.75. The molecule has 0 bridgehead atoms. The van der Waals surface area contributed by atoms with Crippen molar-refractivity contribution in [2.45, 2.75) is 57.5 Å². The predicted molar refractivity (Wildman–Crippen MR) is 123 cm³/mol. The zero-order chi connectivity index (χ0) is 21.6. The molecule has 2 amide bonds. The summed E-state index contributed by atoms with van der Waals surface area (Å²) in [6.45, 7) is 2.21. The van der Waals surface area contributed by atoms with Crippen LogP contribution in [0.5, 0.6) is 5.75 Å². The Bertz CT molecular complexity index is 965. The van der Waals surface area contributed by atoms with E-state index < -0.39 is 0 Å². The van der Waals surface area contributed by atoms with Gasteiger partial charge in [0, 0.05) is 6.04 Å². The lowest BCUT2D eigenvalue weighted by Crippen LogP contribution is -2.48. The van der Waals surface area contributed by atoms with Gasteiger partial charge < -0.3 is 20.4 Å². The molecular weight excluding hydrogens is 388 g/mol. The molecule has 6 nitrogen and oxygen atoms in total. The second kappa shape index (κ2) is 9.86. The van der Waals surface area contributed by atoms with Crippen molar-refractivity contribution in [1.82, 2.24) is 20.6 Å². The van der Waals surface area contributed by atoms with E-state index in [1.807, 2.05) is 48.5 Å². The maximum absolute atomic E-state index is 13.0. The van der Waals surface area contributed by atoms with Gasteiger partial charge in [0.25, 0.3) is 0 Å². The average molecular weight is 421 g/mol. The van der Waals surface area contributed by atoms with E-state index in [1.165, 1.54) is 19.3 Å². The Hall–Kier alpha value is -3.02. The van der Waals surface area contributed by atoms with Gasteiger partial charge in [0.2, 0.25) is 0 Å². The number of urea groups is 1. The standard InChI is InChI=1S/C25H32N4O2/c1-3-18-8-4-5-9-20(18)28-25(30)29-23(16-17-12-14-19(31-2)15-13-17)24-26-21-10-6-7-11-22(21)27-24/h6-7,10-15,18,20,23H,3-5,8-9,16H2,1-2H3,(H,26,27)(H2,28,29,30)/t18-,20-,23+/m0/s1. The Morgan fingerprint density at radius 2 is 1.94 bits per heavy atom. The summed E-state index contributed by atoms with van der Waals surface area (Å²) >= 11 is 0. The van der Waals surface area contributed by atoms with E-state index in [2.05, 4.69) is 22.5 Å². The van der Waals surface area contributed by atoms with Crippen molar-refractivity contribution in [3.05, 3.63) is 59.9 Å². The number of ether oxygens (including phenoxy) is 1. The van der Waals surface area contributed by atoms with Crippen LogP contribution in [0, 0.1) is 5.92 Å². The van der Waals surface area contributed by atoms with Crippen molar-refractivity contribution in [3.63, 3.8) is 0 Å². The lowest BCUT2D eigenvalue weighted by Gasteiger charge is -2.32. The molecule has 0 unspecified atom stereocenters. The molecule has 0 saturated heterocycles. The number of methoxy groups -OCH3 is 1. The molecular formula is C25H32N4O2. The van der Waals surface area contributed by atoms with Crippen LogP contribution in [0.15, 0.2) is 48.5 Å². The first-order valence-corrected chi connectivity index (χ1v) is 11.3. The third-order valence-corrected chi connectivity index (χ3v) is 6.39. The third kappa shape index (κ3) is 5.19. The molecule has 1 fully saturated rings. The summed E-state index contributed by atoms with van der Waals surface area (Å²) in [5.41, 5.74) is 2.98. The minimum Gasteiger partial charge on any atom is -0.497 e. The summed E-state index contributed by atoms with van der Waals surface area (Å²) in [4.78, 5) is 21.1. The maximum Gasteiger partial charge on any atom is 0.315 e. The van der Waals surface area contributed by atoms with Gasteiger partial charge >= 0.3 is 6.03 Å². The van der Waals surface area contributed by atoms with Crippen molar-refractivity contribution in [2.24, 2.45) is 5.92 Å². The van der Waals surface area contributed by atoms with Gasteiger partial charge in [0.05, 0.1) is 24.2 Å². The monoisotopic (exact) mass is 420 g/mol. The van der Waals surface area contributed by atoms with Crippen molar-refractivity contribution >= 4 is 17.1 Å². The molecule has 1 aliphatic rings. The molecule has 2 aromatic carbocycles. The highest BCUT2D eigenvalue weighted by atomic mass is 16.5. The summed E-state index contributed by atoms with van der Waals surface area (Å²) in [6.07, 6.45) is 6.43. The molecule has 3 atom stereocenters. The van der Waals surface area contributed by atoms with E-state index in [0.29, 0.717) is 12.3 Å². The van der Waals surface area contributed by atoms with Crippen molar-refractivity contribution in [2.75, 3.05) is 7.11 Å². The van der Waals surface area contributed by atoms with Gasteiger partial charge in [0.1, 0.15) is 11.6 Å². The number of fused-ring (bicyclic) bond motifs is 1. The van der Waals surface area contributed by atoms with Crippen LogP contribution in [0.4, 0.5) is 4.79 Å². The summed E-state index contributed by atoms with van der Waals surface area (Å²) in [7, 11) is 1.66. The van der Waals surface area contributed by atoms with Crippen molar-refractivity contribution < 1.29 is 9.53 Å². The molecule has 1 heterocycles. The Labute approximate surface area is 183 Å². The second-order valence-electron chi connectivity index (χ2n) is 8.42. The number of hydrogen-bond acceptors (Lipinski definition) is 3. The van der Waals surface area contributed by atoms with E-state index >= 15 is 0 Å². The summed E-state index contributed by atoms with van der Waals surface area (Å²) in [6, 6.07) is 15.8. The third-order valence-electron chi connectivity index (χ3n) is 6.39. The summed E-state index contributed by atoms with van der Waals surface area (Å²) < 4.78 is 5.27. The number of rotatable bonds is 7. The van der Waals surface area contributed by atoms with Crippen LogP contribution in [0.3, 0.4) is 0 Å². The Morgan fingerprint density at radius 1 is 1.16 bits per heavy atom. The predicted octanol–water partition coefficient (Wildman–Crippen LogP) is 5.12. The van der Waals surface area contributed by atoms with Crippen LogP contribution in [-0.2, 0) is 6.42 Å². The summed E-state index contributed by atoms with van der Waals surface area (Å²) in [5, 5.41) is 6.43. The molecule has 0 radical (unpaired) electrons. The van der Waals surface area contributed by atoms with Gasteiger partial charge in [-0.15, -0.1) is 0 Å². The molecule has 6 heteroatoms. The molecule has 1 aromatic heterocycles. The molecule has 0 aliphatic heterocycles. The van der Waals surface area contributed by atoms with E-state index in [1.54, 1.807) is 7.11 Å². The number of carbonyl (C=O) groups excluding carboxylic acids is 1. The van der Waals surface area contributed by atoms with Gasteiger partial charge in [-0.25, -0.2) is 9.78 Å². The number of nitrogens with one attached hydrogen (secondary N) is 3. The van der Waals surface area contributed by atoms with E-state index in [4.69, 9.17) is 9.72 Å². The number of nitrogens with zero attached hydrogens (tertiary/aromatic N) is 1. The Balaban J connectivity index is 1.53. The van der Waals surface area contributed by atoms with E-state index in [9.17, 15) is 4.79 Å². The largest absolute Gasteiger partial charge is 0.497 e. The number of amides is 2. The minimum atomic E-state index is -0.260. The minimum absolute atomic E-state index is 0.121. The zero-order valence-electron chi connectivity index (χ0n) is 18.4. The fourth-order valence-corrected chi connectivity index (χ4v) is 4.61. The van der Waals surface area contributed by atoms with Crippen molar-refractivity contribution in [3.8, 4) is 5.75 Å². The van der Waals surface area contributed by atoms with Crippen LogP contribution in [0.25, 0.3) is 11.0 Å². The lowest BCUT2D eigenvalue weighted by molar-refractivity contribution is 0.212. The molecule has 3 N–H and O–H groups in total. The van der Waals surface area contributed by atoms with E-state index in [0.717, 1.165) is 41.0 Å². The molecule has 3 aromatic rings. The molecule has 0 spiro atoms. The second-order valence-corrected chi connectivity index (χ2v) is 8.42. The normalized spacial score (nSPS) is 19.7. The summed E-state index contributed by atoms with van der Waals surface area (Å²) in [5.74, 6) is 2.14. The number of benzene rings is 2. The van der Waals surface area contributed by atoms with Gasteiger partial charge in [-0.05, 0) is 55.0 Å². The smallest absolute Gasteiger partial charge is 0.315 e. The first-order chi connectivity index (χ1) is 15.2. The van der Waals surface area contributed by atoms with Gasteiger partial charge in [-0.3, -0.25) is 0 Å². The van der Waals surface area contributed by atoms with Gasteiger partial charge in [-0.2, -0.15) is 0 Å². The number of imidazole rings is 1. The SMILES string of the molecule is CC[C@H]1CCCC[C@@H]1NC(=O)N[C@H](Cc1ccc(OC)cc1)c1nc2ccccc2[nH]1. The number of H-pyrrole nitrogens is 1. The highest BCUT2D eigenvalue weighted by molar-refractivity contribution is 5.76. The fourth-order valence-electron chi connectivity index (χ4n) is 4.61. The number of carbonyl (C=O) groups is 1. The first kappa shape index (κ1) is 21.2. The zero-order valence-corrected chi connectivity index (χ0v) is 18.4. The number of aromatic amines is 1. The van der Waals surface area contributed by atoms with E-state index in [-0.39, 0.29) is 18.1 Å². The average Bonchev–Trinajstić information content (AvgIpc) is 3.24. The molecule has 164 valence electrons. The maximum atomic E-state index is 13.0. The number of aromatic nitrogens is 2. The van der Waals surface area contributed by atoms with Crippen LogP contribution < -0.4 is 15.4 Å². The number of hydrogen-bond donors (Lipinski definition) is 3. The van der Waals surface area contributed by atoms with Crippen LogP contribution in [-0.4, -0.2) is 29.2 Å². The number of para-hydroxylation sites is 2. The fraction of sp³-hybridized carbons (Fsp3) is 0.440. The topological polar surface area (TPSA) is 79.0 Å². The highest BCUT2D eigenvalue weighted by Crippen LogP contribution is 2.27. The first-order valence-electron chi connectivity index (χ1n) is 11.3. The van der Waals surface area contributed by atoms with Gasteiger partial charge in [-0.1, -0.05) is 50.5 Å². The molecule has 1 aliphatic carbocycles. The van der Waals surface area contributed by atoms with Crippen LogP contribution >= 0.6 is 0 Å². The highest BCUT2D eigenvalue weighted by Gasteiger charge is 2.26. The van der Waals surface area contributed by atoms with Crippen LogP contribution in [0.2, 0.25) is 0 Å². The molecule has 31 heavy (non-hydrogen) atoms. The lowest BCUT2D eigenvalue weighted by atomic mass is 9.83. The quantitative estimate of drug-likeness (QED) is 0.496. The molecule has 4 rings (SSSR count). The van der Waals surface area contributed by atoms with Crippen LogP contribution in [0.1, 0.15) is 56.5 Å².